The molecule has 140 valence electrons. The van der Waals surface area contributed by atoms with Crippen molar-refractivity contribution in [2.45, 2.75) is 12.8 Å². The van der Waals surface area contributed by atoms with Gasteiger partial charge in [-0.15, -0.1) is 0 Å². The Balaban J connectivity index is 1.76. The van der Waals surface area contributed by atoms with Crippen LogP contribution in [0.15, 0.2) is 54.9 Å². The first-order valence-electron chi connectivity index (χ1n) is 8.84. The molecular weight excluding hydrogens is 346 g/mol. The van der Waals surface area contributed by atoms with E-state index < -0.39 is 18.4 Å². The van der Waals surface area contributed by atoms with Crippen LogP contribution in [0.1, 0.15) is 23.2 Å². The zero-order valence-electron chi connectivity index (χ0n) is 14.8. The highest BCUT2D eigenvalue weighted by molar-refractivity contribution is 5.99. The number of pyridine rings is 1. The van der Waals surface area contributed by atoms with Crippen molar-refractivity contribution in [2.24, 2.45) is 5.92 Å². The summed E-state index contributed by atoms with van der Waals surface area (Å²) in [5, 5.41) is 9.22. The Morgan fingerprint density at radius 2 is 1.81 bits per heavy atom. The minimum Gasteiger partial charge on any atom is -0.480 e. The molecule has 3 rings (SSSR count). The standard InChI is InChI=1S/C20H21N3O4/c24-18(25)14-23(17-6-2-1-3-7-17)20(27)16-5-4-12-22(13-16)19(26)15-8-10-21-11-9-15/h1-3,6-11,16H,4-5,12-14H2,(H,24,25). The average molecular weight is 367 g/mol. The third-order valence-corrected chi connectivity index (χ3v) is 4.61. The van der Waals surface area contributed by atoms with Crippen molar-refractivity contribution in [1.82, 2.24) is 9.88 Å². The molecule has 1 aliphatic heterocycles. The first-order valence-corrected chi connectivity index (χ1v) is 8.84. The van der Waals surface area contributed by atoms with Crippen molar-refractivity contribution < 1.29 is 19.5 Å². The highest BCUT2D eigenvalue weighted by atomic mass is 16.4. The van der Waals surface area contributed by atoms with Crippen LogP contribution in [0.2, 0.25) is 0 Å². The number of hydrogen-bond acceptors (Lipinski definition) is 4. The van der Waals surface area contributed by atoms with E-state index >= 15 is 0 Å². The number of piperidine rings is 1. The summed E-state index contributed by atoms with van der Waals surface area (Å²) in [5.41, 5.74) is 1.08. The quantitative estimate of drug-likeness (QED) is 0.873. The van der Waals surface area contributed by atoms with E-state index in [1.807, 2.05) is 6.07 Å². The number of likely N-dealkylation sites (tertiary alicyclic amines) is 1. The number of amides is 2. The lowest BCUT2D eigenvalue weighted by Crippen LogP contribution is -2.48. The highest BCUT2D eigenvalue weighted by Crippen LogP contribution is 2.23. The topological polar surface area (TPSA) is 90.8 Å². The summed E-state index contributed by atoms with van der Waals surface area (Å²) in [5.74, 6) is -1.91. The molecule has 2 aromatic rings. The molecule has 7 heteroatoms. The number of carboxylic acids is 1. The molecular formula is C20H21N3O4. The fraction of sp³-hybridized carbons (Fsp3) is 0.300. The summed E-state index contributed by atoms with van der Waals surface area (Å²) in [6, 6.07) is 12.0. The molecule has 1 aromatic carbocycles. The van der Waals surface area contributed by atoms with Gasteiger partial charge < -0.3 is 14.9 Å². The number of aromatic nitrogens is 1. The van der Waals surface area contributed by atoms with E-state index in [0.717, 1.165) is 0 Å². The number of para-hydroxylation sites is 1. The Morgan fingerprint density at radius 3 is 2.48 bits per heavy atom. The lowest BCUT2D eigenvalue weighted by Gasteiger charge is -2.34. The van der Waals surface area contributed by atoms with Gasteiger partial charge in [0.1, 0.15) is 6.54 Å². The minimum absolute atomic E-state index is 0.139. The molecule has 1 atom stereocenters. The Labute approximate surface area is 157 Å². The molecule has 0 saturated carbocycles. The van der Waals surface area contributed by atoms with E-state index in [1.54, 1.807) is 53.7 Å². The summed E-state index contributed by atoms with van der Waals surface area (Å²) < 4.78 is 0. The third-order valence-electron chi connectivity index (χ3n) is 4.61. The fourth-order valence-corrected chi connectivity index (χ4v) is 3.30. The van der Waals surface area contributed by atoms with Crippen molar-refractivity contribution in [2.75, 3.05) is 24.5 Å². The molecule has 2 heterocycles. The van der Waals surface area contributed by atoms with Crippen molar-refractivity contribution in [3.8, 4) is 0 Å². The maximum absolute atomic E-state index is 13.1. The summed E-state index contributed by atoms with van der Waals surface area (Å²) >= 11 is 0. The van der Waals surface area contributed by atoms with E-state index in [0.29, 0.717) is 30.6 Å². The van der Waals surface area contributed by atoms with E-state index in [9.17, 15) is 19.5 Å². The zero-order valence-corrected chi connectivity index (χ0v) is 14.8. The molecule has 1 fully saturated rings. The lowest BCUT2D eigenvalue weighted by molar-refractivity contribution is -0.137. The maximum atomic E-state index is 13.1. The second-order valence-electron chi connectivity index (χ2n) is 6.48. The number of nitrogens with zero attached hydrogens (tertiary/aromatic N) is 3. The Bertz CT molecular complexity index is 810. The van der Waals surface area contributed by atoms with Gasteiger partial charge in [-0.2, -0.15) is 0 Å². The SMILES string of the molecule is O=C(O)CN(C(=O)C1CCCN(C(=O)c2ccncc2)C1)c1ccccc1. The number of hydrogen-bond donors (Lipinski definition) is 1. The molecule has 2 amide bonds. The van der Waals surface area contributed by atoms with Gasteiger partial charge in [0, 0.05) is 36.7 Å². The van der Waals surface area contributed by atoms with Crippen LogP contribution < -0.4 is 4.90 Å². The van der Waals surface area contributed by atoms with Gasteiger partial charge in [-0.25, -0.2) is 0 Å². The predicted octanol–water partition coefficient (Wildman–Crippen LogP) is 2.05. The molecule has 7 nitrogen and oxygen atoms in total. The molecule has 1 saturated heterocycles. The molecule has 1 N–H and O–H groups in total. The van der Waals surface area contributed by atoms with E-state index in [1.165, 1.54) is 4.90 Å². The molecule has 1 aromatic heterocycles. The number of carbonyl (C=O) groups excluding carboxylic acids is 2. The van der Waals surface area contributed by atoms with Gasteiger partial charge >= 0.3 is 5.97 Å². The average Bonchev–Trinajstić information content (AvgIpc) is 2.72. The van der Waals surface area contributed by atoms with Gasteiger partial charge in [0.25, 0.3) is 5.91 Å². The lowest BCUT2D eigenvalue weighted by atomic mass is 9.95. The smallest absolute Gasteiger partial charge is 0.323 e. The van der Waals surface area contributed by atoms with Gasteiger partial charge in [0.05, 0.1) is 5.92 Å². The van der Waals surface area contributed by atoms with Crippen LogP contribution in [-0.2, 0) is 9.59 Å². The maximum Gasteiger partial charge on any atom is 0.323 e. The summed E-state index contributed by atoms with van der Waals surface area (Å²) in [7, 11) is 0. The van der Waals surface area contributed by atoms with Crippen molar-refractivity contribution in [3.63, 3.8) is 0 Å². The normalized spacial score (nSPS) is 16.6. The van der Waals surface area contributed by atoms with Crippen LogP contribution in [-0.4, -0.2) is 52.4 Å². The van der Waals surface area contributed by atoms with Crippen molar-refractivity contribution in [1.29, 1.82) is 0 Å². The zero-order chi connectivity index (χ0) is 19.2. The molecule has 1 unspecified atom stereocenters. The van der Waals surface area contributed by atoms with Crippen molar-refractivity contribution in [3.05, 3.63) is 60.4 Å². The Kier molecular flexibility index (Phi) is 5.80. The monoisotopic (exact) mass is 367 g/mol. The van der Waals surface area contributed by atoms with Gasteiger partial charge in [0.2, 0.25) is 5.91 Å². The third kappa shape index (κ3) is 4.49. The molecule has 0 spiro atoms. The number of carboxylic acid groups (broad SMARTS) is 1. The molecule has 0 radical (unpaired) electrons. The van der Waals surface area contributed by atoms with E-state index in [2.05, 4.69) is 4.98 Å². The van der Waals surface area contributed by atoms with Gasteiger partial charge in [-0.3, -0.25) is 19.4 Å². The largest absolute Gasteiger partial charge is 0.480 e. The van der Waals surface area contributed by atoms with Crippen LogP contribution >= 0.6 is 0 Å². The second-order valence-corrected chi connectivity index (χ2v) is 6.48. The van der Waals surface area contributed by atoms with E-state index in [4.69, 9.17) is 0 Å². The Hall–Kier alpha value is -3.22. The van der Waals surface area contributed by atoms with Crippen LogP contribution in [0.4, 0.5) is 5.69 Å². The summed E-state index contributed by atoms with van der Waals surface area (Å²) in [6.07, 6.45) is 4.44. The number of aliphatic carboxylic acids is 1. The first-order chi connectivity index (χ1) is 13.1. The molecule has 0 aliphatic carbocycles. The van der Waals surface area contributed by atoms with Gasteiger partial charge in [-0.05, 0) is 37.1 Å². The molecule has 1 aliphatic rings. The Morgan fingerprint density at radius 1 is 1.11 bits per heavy atom. The van der Waals surface area contributed by atoms with Crippen LogP contribution in [0.3, 0.4) is 0 Å². The fourth-order valence-electron chi connectivity index (χ4n) is 3.30. The number of anilines is 1. The predicted molar refractivity (Wildman–Crippen MR) is 99.3 cm³/mol. The number of benzene rings is 1. The molecule has 0 bridgehead atoms. The van der Waals surface area contributed by atoms with Crippen LogP contribution in [0.5, 0.6) is 0 Å². The minimum atomic E-state index is -1.08. The highest BCUT2D eigenvalue weighted by Gasteiger charge is 2.32. The summed E-state index contributed by atoms with van der Waals surface area (Å²) in [4.78, 5) is 43.8. The molecule has 27 heavy (non-hydrogen) atoms. The number of carbonyl (C=O) groups is 3. The first kappa shape index (κ1) is 18.6. The van der Waals surface area contributed by atoms with Gasteiger partial charge in [-0.1, -0.05) is 18.2 Å². The summed E-state index contributed by atoms with van der Waals surface area (Å²) in [6.45, 7) is 0.454. The van der Waals surface area contributed by atoms with Crippen LogP contribution in [0.25, 0.3) is 0 Å². The number of rotatable bonds is 5. The van der Waals surface area contributed by atoms with Crippen LogP contribution in [0, 0.1) is 5.92 Å². The van der Waals surface area contributed by atoms with Gasteiger partial charge in [0.15, 0.2) is 0 Å². The van der Waals surface area contributed by atoms with E-state index in [-0.39, 0.29) is 18.4 Å². The van der Waals surface area contributed by atoms with Crippen molar-refractivity contribution >= 4 is 23.5 Å². The second kappa shape index (κ2) is 8.44.